The van der Waals surface area contributed by atoms with E-state index in [1.54, 1.807) is 0 Å². The van der Waals surface area contributed by atoms with Gasteiger partial charge in [0.05, 0.1) is 5.02 Å². The topological polar surface area (TPSA) is 21.3 Å². The zero-order valence-electron chi connectivity index (χ0n) is 11.5. The van der Waals surface area contributed by atoms with Crippen molar-refractivity contribution in [3.8, 4) is 11.5 Å². The number of halogens is 1. The molecule has 0 atom stereocenters. The van der Waals surface area contributed by atoms with Crippen molar-refractivity contribution in [1.82, 2.24) is 5.32 Å². The quantitative estimate of drug-likeness (QED) is 0.889. The van der Waals surface area contributed by atoms with E-state index in [1.807, 2.05) is 44.3 Å². The lowest BCUT2D eigenvalue weighted by atomic mass is 10.1. The molecule has 0 amide bonds. The van der Waals surface area contributed by atoms with E-state index >= 15 is 0 Å². The van der Waals surface area contributed by atoms with Gasteiger partial charge in [-0.15, -0.1) is 0 Å². The van der Waals surface area contributed by atoms with Crippen molar-refractivity contribution in [2.45, 2.75) is 20.4 Å². The predicted octanol–water partition coefficient (Wildman–Crippen LogP) is 4.47. The normalized spacial score (nSPS) is 10.5. The van der Waals surface area contributed by atoms with Crippen molar-refractivity contribution in [2.24, 2.45) is 0 Å². The first-order valence-electron chi connectivity index (χ1n) is 6.28. The molecule has 0 aromatic heterocycles. The van der Waals surface area contributed by atoms with Gasteiger partial charge in [-0.1, -0.05) is 35.4 Å². The average molecular weight is 276 g/mol. The van der Waals surface area contributed by atoms with Gasteiger partial charge in [0.2, 0.25) is 0 Å². The van der Waals surface area contributed by atoms with Gasteiger partial charge in [0, 0.05) is 12.1 Å². The second-order valence-electron chi connectivity index (χ2n) is 4.68. The first kappa shape index (κ1) is 13.9. The molecule has 2 aromatic rings. The maximum absolute atomic E-state index is 6.17. The van der Waals surface area contributed by atoms with Crippen LogP contribution in [0.15, 0.2) is 36.4 Å². The Labute approximate surface area is 119 Å². The molecule has 0 unspecified atom stereocenters. The van der Waals surface area contributed by atoms with Gasteiger partial charge in [-0.05, 0) is 44.7 Å². The predicted molar refractivity (Wildman–Crippen MR) is 80.2 cm³/mol. The molecule has 2 rings (SSSR count). The van der Waals surface area contributed by atoms with Crippen LogP contribution in [0.25, 0.3) is 0 Å². The Morgan fingerprint density at radius 1 is 1.00 bits per heavy atom. The van der Waals surface area contributed by atoms with Crippen LogP contribution in [0.2, 0.25) is 5.02 Å². The van der Waals surface area contributed by atoms with Crippen LogP contribution in [0.1, 0.15) is 16.7 Å². The zero-order chi connectivity index (χ0) is 13.8. The molecule has 0 radical (unpaired) electrons. The van der Waals surface area contributed by atoms with Crippen molar-refractivity contribution < 1.29 is 4.74 Å². The summed E-state index contributed by atoms with van der Waals surface area (Å²) in [4.78, 5) is 0. The van der Waals surface area contributed by atoms with Gasteiger partial charge in [0.25, 0.3) is 0 Å². The van der Waals surface area contributed by atoms with Gasteiger partial charge in [0.1, 0.15) is 11.5 Å². The highest BCUT2D eigenvalue weighted by molar-refractivity contribution is 6.32. The standard InChI is InChI=1S/C16H18ClNO/c1-11-5-7-15(13(8-11)10-18-3)19-16-9-12(2)4-6-14(16)17/h4-9,18H,10H2,1-3H3. The molecule has 19 heavy (non-hydrogen) atoms. The average Bonchev–Trinajstić information content (AvgIpc) is 2.37. The van der Waals surface area contributed by atoms with E-state index in [0.29, 0.717) is 10.8 Å². The van der Waals surface area contributed by atoms with Crippen LogP contribution in [0, 0.1) is 13.8 Å². The highest BCUT2D eigenvalue weighted by atomic mass is 35.5. The minimum Gasteiger partial charge on any atom is -0.455 e. The van der Waals surface area contributed by atoms with Crippen molar-refractivity contribution in [3.05, 3.63) is 58.1 Å². The van der Waals surface area contributed by atoms with E-state index in [-0.39, 0.29) is 0 Å². The molecule has 0 saturated carbocycles. The Morgan fingerprint density at radius 3 is 2.42 bits per heavy atom. The lowest BCUT2D eigenvalue weighted by Gasteiger charge is -2.13. The van der Waals surface area contributed by atoms with E-state index in [1.165, 1.54) is 5.56 Å². The van der Waals surface area contributed by atoms with Crippen LogP contribution in [-0.2, 0) is 6.54 Å². The minimum atomic E-state index is 0.626. The Bertz CT molecular complexity index is 581. The first-order valence-corrected chi connectivity index (χ1v) is 6.66. The summed E-state index contributed by atoms with van der Waals surface area (Å²) in [6.07, 6.45) is 0. The molecule has 100 valence electrons. The van der Waals surface area contributed by atoms with E-state index < -0.39 is 0 Å². The Balaban J connectivity index is 2.34. The Hall–Kier alpha value is -1.51. The third kappa shape index (κ3) is 3.49. The molecule has 0 aliphatic carbocycles. The third-order valence-electron chi connectivity index (χ3n) is 2.89. The minimum absolute atomic E-state index is 0.626. The maximum atomic E-state index is 6.17. The molecular weight excluding hydrogens is 258 g/mol. The number of ether oxygens (including phenoxy) is 1. The smallest absolute Gasteiger partial charge is 0.146 e. The highest BCUT2D eigenvalue weighted by Gasteiger charge is 2.08. The molecule has 0 saturated heterocycles. The molecule has 0 aliphatic heterocycles. The highest BCUT2D eigenvalue weighted by Crippen LogP contribution is 2.32. The van der Waals surface area contributed by atoms with Crippen molar-refractivity contribution in [3.63, 3.8) is 0 Å². The molecule has 0 fully saturated rings. The van der Waals surface area contributed by atoms with Crippen LogP contribution < -0.4 is 10.1 Å². The van der Waals surface area contributed by atoms with E-state index in [9.17, 15) is 0 Å². The molecule has 2 aromatic carbocycles. The maximum Gasteiger partial charge on any atom is 0.146 e. The number of aryl methyl sites for hydroxylation is 2. The molecule has 0 heterocycles. The molecule has 0 aliphatic rings. The van der Waals surface area contributed by atoms with Crippen molar-refractivity contribution in [2.75, 3.05) is 7.05 Å². The van der Waals surface area contributed by atoms with Crippen molar-refractivity contribution >= 4 is 11.6 Å². The summed E-state index contributed by atoms with van der Waals surface area (Å²) >= 11 is 6.17. The summed E-state index contributed by atoms with van der Waals surface area (Å²) in [6, 6.07) is 11.9. The Morgan fingerprint density at radius 2 is 1.68 bits per heavy atom. The first-order chi connectivity index (χ1) is 9.10. The molecule has 0 spiro atoms. The van der Waals surface area contributed by atoms with Gasteiger partial charge in [-0.3, -0.25) is 0 Å². The van der Waals surface area contributed by atoms with Crippen LogP contribution in [0.3, 0.4) is 0 Å². The second-order valence-corrected chi connectivity index (χ2v) is 5.08. The molecule has 2 nitrogen and oxygen atoms in total. The lowest BCUT2D eigenvalue weighted by Crippen LogP contribution is -2.06. The largest absolute Gasteiger partial charge is 0.455 e. The number of hydrogen-bond acceptors (Lipinski definition) is 2. The lowest BCUT2D eigenvalue weighted by molar-refractivity contribution is 0.474. The summed E-state index contributed by atoms with van der Waals surface area (Å²) in [6.45, 7) is 4.86. The van der Waals surface area contributed by atoms with E-state index in [4.69, 9.17) is 16.3 Å². The number of rotatable bonds is 4. The zero-order valence-corrected chi connectivity index (χ0v) is 12.2. The summed E-state index contributed by atoms with van der Waals surface area (Å²) in [5, 5.41) is 3.78. The van der Waals surface area contributed by atoms with Crippen LogP contribution in [-0.4, -0.2) is 7.05 Å². The summed E-state index contributed by atoms with van der Waals surface area (Å²) in [7, 11) is 1.92. The molecule has 0 bridgehead atoms. The summed E-state index contributed by atoms with van der Waals surface area (Å²) < 4.78 is 5.96. The van der Waals surface area contributed by atoms with Crippen LogP contribution >= 0.6 is 11.6 Å². The van der Waals surface area contributed by atoms with Gasteiger partial charge in [0.15, 0.2) is 0 Å². The monoisotopic (exact) mass is 275 g/mol. The fourth-order valence-corrected chi connectivity index (χ4v) is 2.10. The number of nitrogens with one attached hydrogen (secondary N) is 1. The Kier molecular flexibility index (Phi) is 4.46. The molecule has 3 heteroatoms. The summed E-state index contributed by atoms with van der Waals surface area (Å²) in [5.41, 5.74) is 3.47. The third-order valence-corrected chi connectivity index (χ3v) is 3.20. The molecule has 1 N–H and O–H groups in total. The molecular formula is C16H18ClNO. The van der Waals surface area contributed by atoms with Crippen molar-refractivity contribution in [1.29, 1.82) is 0 Å². The van der Waals surface area contributed by atoms with Crippen LogP contribution in [0.5, 0.6) is 11.5 Å². The van der Waals surface area contributed by atoms with E-state index in [0.717, 1.165) is 23.4 Å². The van der Waals surface area contributed by atoms with Gasteiger partial charge in [-0.25, -0.2) is 0 Å². The van der Waals surface area contributed by atoms with E-state index in [2.05, 4.69) is 18.3 Å². The summed E-state index contributed by atoms with van der Waals surface area (Å²) in [5.74, 6) is 1.54. The van der Waals surface area contributed by atoms with Gasteiger partial charge < -0.3 is 10.1 Å². The fourth-order valence-electron chi connectivity index (χ4n) is 1.94. The number of benzene rings is 2. The SMILES string of the molecule is CNCc1cc(C)ccc1Oc1cc(C)ccc1Cl. The fraction of sp³-hybridized carbons (Fsp3) is 0.250. The van der Waals surface area contributed by atoms with Gasteiger partial charge >= 0.3 is 0 Å². The van der Waals surface area contributed by atoms with Gasteiger partial charge in [-0.2, -0.15) is 0 Å². The van der Waals surface area contributed by atoms with Crippen LogP contribution in [0.4, 0.5) is 0 Å². The number of hydrogen-bond donors (Lipinski definition) is 1. The second kappa shape index (κ2) is 6.09.